The van der Waals surface area contributed by atoms with Gasteiger partial charge in [0.2, 0.25) is 9.84 Å². The second-order valence-corrected chi connectivity index (χ2v) is 11.3. The Kier molecular flexibility index (Phi) is 9.46. The summed E-state index contributed by atoms with van der Waals surface area (Å²) in [5, 5.41) is 20.1. The molecule has 40 heavy (non-hydrogen) atoms. The van der Waals surface area contributed by atoms with Gasteiger partial charge in [0.15, 0.2) is 0 Å². The van der Waals surface area contributed by atoms with Gasteiger partial charge in [-0.2, -0.15) is 5.26 Å². The fraction of sp³-hybridized carbons (Fsp3) is 0.188. The number of carbonyl (C=O) groups excluding carboxylic acids is 1. The topological polar surface area (TPSA) is 108 Å². The molecule has 0 aliphatic carbocycles. The normalized spacial score (nSPS) is 12.1. The van der Waals surface area contributed by atoms with E-state index < -0.39 is 21.9 Å². The van der Waals surface area contributed by atoms with Gasteiger partial charge in [-0.1, -0.05) is 54.6 Å². The van der Waals surface area contributed by atoms with Crippen LogP contribution in [-0.4, -0.2) is 44.6 Å². The molecule has 7 nitrogen and oxygen atoms in total. The van der Waals surface area contributed by atoms with Crippen molar-refractivity contribution in [1.29, 1.82) is 5.26 Å². The summed E-state index contributed by atoms with van der Waals surface area (Å²) >= 11 is 0. The molecule has 1 N–H and O–H groups in total. The lowest BCUT2D eigenvalue weighted by Crippen LogP contribution is -2.30. The second-order valence-electron chi connectivity index (χ2n) is 9.39. The van der Waals surface area contributed by atoms with Gasteiger partial charge in [0.25, 0.3) is 0 Å². The van der Waals surface area contributed by atoms with Crippen LogP contribution in [-0.2, 0) is 27.5 Å². The van der Waals surface area contributed by atoms with E-state index in [2.05, 4.69) is 15.7 Å². The number of methoxy groups -OCH3 is 1. The number of benzene rings is 4. The van der Waals surface area contributed by atoms with E-state index in [-0.39, 0.29) is 15.4 Å². The number of hydrogen-bond acceptors (Lipinski definition) is 7. The molecule has 0 aliphatic rings. The van der Waals surface area contributed by atoms with Crippen LogP contribution in [0.15, 0.2) is 113 Å². The quantitative estimate of drug-likeness (QED) is 0.261. The molecule has 0 radical (unpaired) electrons. The molecule has 0 bridgehead atoms. The van der Waals surface area contributed by atoms with E-state index >= 15 is 0 Å². The third-order valence-corrected chi connectivity index (χ3v) is 8.40. The van der Waals surface area contributed by atoms with Crippen molar-refractivity contribution in [2.24, 2.45) is 0 Å². The lowest BCUT2D eigenvalue weighted by molar-refractivity contribution is 0.0600. The average Bonchev–Trinajstić information content (AvgIpc) is 3.00. The van der Waals surface area contributed by atoms with Gasteiger partial charge in [-0.15, -0.1) is 0 Å². The summed E-state index contributed by atoms with van der Waals surface area (Å²) in [6, 6.07) is 31.5. The number of carbonyl (C=O) groups is 1. The summed E-state index contributed by atoms with van der Waals surface area (Å²) in [7, 11) is -2.48. The summed E-state index contributed by atoms with van der Waals surface area (Å²) in [5.74, 6) is -0.530. The molecule has 0 spiro atoms. The fourth-order valence-corrected chi connectivity index (χ4v) is 5.65. The van der Waals surface area contributed by atoms with Gasteiger partial charge in [0.1, 0.15) is 0 Å². The first-order chi connectivity index (χ1) is 19.3. The maximum atomic E-state index is 13.1. The molecule has 8 heteroatoms. The third-order valence-electron chi connectivity index (χ3n) is 6.62. The van der Waals surface area contributed by atoms with Crippen LogP contribution in [0.1, 0.15) is 38.7 Å². The van der Waals surface area contributed by atoms with Gasteiger partial charge in [-0.3, -0.25) is 4.90 Å². The molecule has 0 unspecified atom stereocenters. The number of nitrogens with zero attached hydrogens (tertiary/aromatic N) is 2. The first kappa shape index (κ1) is 28.7. The fourth-order valence-electron chi connectivity index (χ4n) is 4.39. The van der Waals surface area contributed by atoms with E-state index in [0.717, 1.165) is 11.1 Å². The lowest BCUT2D eigenvalue weighted by Gasteiger charge is -2.25. The van der Waals surface area contributed by atoms with Gasteiger partial charge >= 0.3 is 5.97 Å². The zero-order valence-electron chi connectivity index (χ0n) is 22.1. The molecule has 204 valence electrons. The zero-order chi connectivity index (χ0) is 28.5. The maximum absolute atomic E-state index is 13.1. The number of sulfone groups is 1. The van der Waals surface area contributed by atoms with Crippen molar-refractivity contribution in [2.75, 3.05) is 20.2 Å². The van der Waals surface area contributed by atoms with Crippen LogP contribution in [0.4, 0.5) is 0 Å². The van der Waals surface area contributed by atoms with Crippen molar-refractivity contribution in [2.45, 2.75) is 28.9 Å². The molecule has 4 aromatic rings. The number of nitriles is 1. The minimum atomic E-state index is -3.75. The molecular weight excluding hydrogens is 524 g/mol. The highest BCUT2D eigenvalue weighted by atomic mass is 32.2. The molecule has 4 rings (SSSR count). The second kappa shape index (κ2) is 13.2. The van der Waals surface area contributed by atoms with E-state index in [4.69, 9.17) is 0 Å². The Bertz CT molecular complexity index is 1580. The van der Waals surface area contributed by atoms with Crippen LogP contribution in [0.25, 0.3) is 0 Å². The van der Waals surface area contributed by atoms with E-state index in [1.165, 1.54) is 31.4 Å². The van der Waals surface area contributed by atoms with Crippen LogP contribution < -0.4 is 0 Å². The summed E-state index contributed by atoms with van der Waals surface area (Å²) in [6.07, 6.45) is -0.124. The smallest absolute Gasteiger partial charge is 0.337 e. The van der Waals surface area contributed by atoms with Gasteiger partial charge < -0.3 is 9.84 Å². The standard InChI is InChI=1S/C32H30N2O5S/c1-39-32(36)27-12-16-30(17-13-27)40(37,38)29-14-10-24(11-15-29)18-19-34(22-25-6-3-2-4-7-25)23-31(35)28-9-5-8-26(20-28)21-33/h2-17,20,31,35H,18-19,22-23H2,1H3/t31-/m0/s1. The molecule has 0 aliphatic heterocycles. The highest BCUT2D eigenvalue weighted by molar-refractivity contribution is 7.91. The van der Waals surface area contributed by atoms with E-state index in [1.807, 2.05) is 36.4 Å². The Morgan fingerprint density at radius 3 is 2.17 bits per heavy atom. The summed E-state index contributed by atoms with van der Waals surface area (Å²) < 4.78 is 30.9. The third kappa shape index (κ3) is 7.21. The number of aliphatic hydroxyl groups excluding tert-OH is 1. The molecule has 0 saturated carbocycles. The van der Waals surface area contributed by atoms with Crippen LogP contribution in [0.3, 0.4) is 0 Å². The van der Waals surface area contributed by atoms with Crippen LogP contribution in [0, 0.1) is 11.3 Å². The largest absolute Gasteiger partial charge is 0.465 e. The minimum Gasteiger partial charge on any atom is -0.465 e. The average molecular weight is 555 g/mol. The Morgan fingerprint density at radius 2 is 1.55 bits per heavy atom. The maximum Gasteiger partial charge on any atom is 0.337 e. The number of ether oxygens (including phenoxy) is 1. The van der Waals surface area contributed by atoms with Crippen molar-refractivity contribution in [3.8, 4) is 6.07 Å². The molecule has 0 aromatic heterocycles. The number of esters is 1. The van der Waals surface area contributed by atoms with Crippen molar-refractivity contribution >= 4 is 15.8 Å². The minimum absolute atomic E-state index is 0.0939. The van der Waals surface area contributed by atoms with Crippen molar-refractivity contribution < 1.29 is 23.1 Å². The monoisotopic (exact) mass is 554 g/mol. The molecule has 0 fully saturated rings. The van der Waals surface area contributed by atoms with Gasteiger partial charge in [-0.05, 0) is 71.6 Å². The molecule has 4 aromatic carbocycles. The molecule has 0 heterocycles. The zero-order valence-corrected chi connectivity index (χ0v) is 22.9. The van der Waals surface area contributed by atoms with Crippen molar-refractivity contribution in [3.05, 3.63) is 131 Å². The number of rotatable bonds is 11. The molecule has 0 amide bonds. The Labute approximate surface area is 234 Å². The SMILES string of the molecule is COC(=O)c1ccc(S(=O)(=O)c2ccc(CCN(Cc3ccccc3)C[C@H](O)c3cccc(C#N)c3)cc2)cc1. The van der Waals surface area contributed by atoms with Gasteiger partial charge in [0.05, 0.1) is 40.2 Å². The summed E-state index contributed by atoms with van der Waals surface area (Å²) in [6.45, 7) is 1.63. The molecule has 0 saturated heterocycles. The van der Waals surface area contributed by atoms with E-state index in [9.17, 15) is 23.6 Å². The first-order valence-electron chi connectivity index (χ1n) is 12.8. The van der Waals surface area contributed by atoms with Gasteiger partial charge in [-0.25, -0.2) is 13.2 Å². The van der Waals surface area contributed by atoms with E-state index in [0.29, 0.717) is 37.2 Å². The van der Waals surface area contributed by atoms with E-state index in [1.54, 1.807) is 42.5 Å². The summed E-state index contributed by atoms with van der Waals surface area (Å²) in [5.41, 5.74) is 3.53. The Balaban J connectivity index is 1.46. The predicted octanol–water partition coefficient (Wildman–Crippen LogP) is 4.96. The van der Waals surface area contributed by atoms with Gasteiger partial charge in [0, 0.05) is 19.6 Å². The highest BCUT2D eigenvalue weighted by Crippen LogP contribution is 2.23. The number of aliphatic hydroxyl groups is 1. The Hall–Kier alpha value is -4.29. The van der Waals surface area contributed by atoms with Crippen LogP contribution in [0.2, 0.25) is 0 Å². The predicted molar refractivity (Wildman–Crippen MR) is 151 cm³/mol. The molecule has 1 atom stereocenters. The van der Waals surface area contributed by atoms with Crippen LogP contribution >= 0.6 is 0 Å². The highest BCUT2D eigenvalue weighted by Gasteiger charge is 2.19. The van der Waals surface area contributed by atoms with Crippen molar-refractivity contribution in [1.82, 2.24) is 4.90 Å². The summed E-state index contributed by atoms with van der Waals surface area (Å²) in [4.78, 5) is 14.1. The van der Waals surface area contributed by atoms with Crippen LogP contribution in [0.5, 0.6) is 0 Å². The Morgan fingerprint density at radius 1 is 0.900 bits per heavy atom. The molecular formula is C32H30N2O5S. The van der Waals surface area contributed by atoms with Crippen molar-refractivity contribution in [3.63, 3.8) is 0 Å². The number of hydrogen-bond donors (Lipinski definition) is 1. The first-order valence-corrected chi connectivity index (χ1v) is 14.3. The lowest BCUT2D eigenvalue weighted by atomic mass is 10.1.